The Labute approximate surface area is 89.3 Å². The number of hydrogen-bond donors (Lipinski definition) is 0. The van der Waals surface area contributed by atoms with E-state index in [2.05, 4.69) is 10.2 Å². The Hall–Kier alpha value is -1.49. The van der Waals surface area contributed by atoms with Crippen molar-refractivity contribution in [1.29, 1.82) is 0 Å². The number of benzene rings is 1. The predicted molar refractivity (Wildman–Crippen MR) is 51.0 cm³/mol. The zero-order valence-corrected chi connectivity index (χ0v) is 8.46. The molecule has 6 heteroatoms. The Bertz CT molecular complexity index is 470. The standard InChI is InChI=1S/C9H6ClF2N3/c1-5-13-14-9(10)15(5)8-6(11)3-2-4-7(8)12/h2-4H,1H3. The van der Waals surface area contributed by atoms with Crippen molar-refractivity contribution in [1.82, 2.24) is 14.8 Å². The van der Waals surface area contributed by atoms with Gasteiger partial charge in [-0.25, -0.2) is 8.78 Å². The van der Waals surface area contributed by atoms with Crippen LogP contribution in [-0.4, -0.2) is 14.8 Å². The molecule has 3 nitrogen and oxygen atoms in total. The van der Waals surface area contributed by atoms with Gasteiger partial charge in [-0.3, -0.25) is 4.57 Å². The molecule has 0 N–H and O–H groups in total. The van der Waals surface area contributed by atoms with E-state index in [0.29, 0.717) is 5.82 Å². The minimum absolute atomic E-state index is 0.0727. The van der Waals surface area contributed by atoms with Crippen molar-refractivity contribution in [2.75, 3.05) is 0 Å². The maximum Gasteiger partial charge on any atom is 0.229 e. The van der Waals surface area contributed by atoms with Gasteiger partial charge in [-0.1, -0.05) is 6.07 Å². The molecule has 1 aromatic heterocycles. The Kier molecular flexibility index (Phi) is 2.40. The van der Waals surface area contributed by atoms with E-state index in [1.807, 2.05) is 0 Å². The maximum absolute atomic E-state index is 13.4. The number of aryl methyl sites for hydroxylation is 1. The average Bonchev–Trinajstić information content (AvgIpc) is 2.49. The van der Waals surface area contributed by atoms with Gasteiger partial charge in [0.25, 0.3) is 0 Å². The Morgan fingerprint density at radius 1 is 1.20 bits per heavy atom. The van der Waals surface area contributed by atoms with Crippen LogP contribution < -0.4 is 0 Å². The minimum Gasteiger partial charge on any atom is -0.264 e. The van der Waals surface area contributed by atoms with Gasteiger partial charge in [0, 0.05) is 0 Å². The number of halogens is 3. The van der Waals surface area contributed by atoms with Crippen molar-refractivity contribution in [3.63, 3.8) is 0 Å². The Morgan fingerprint density at radius 3 is 2.27 bits per heavy atom. The SMILES string of the molecule is Cc1nnc(Cl)n1-c1c(F)cccc1F. The molecule has 2 rings (SSSR count). The highest BCUT2D eigenvalue weighted by Gasteiger charge is 2.16. The topological polar surface area (TPSA) is 30.7 Å². The van der Waals surface area contributed by atoms with Crippen molar-refractivity contribution in [2.24, 2.45) is 0 Å². The molecular weight excluding hydrogens is 224 g/mol. The molecule has 0 spiro atoms. The van der Waals surface area contributed by atoms with Gasteiger partial charge in [0.2, 0.25) is 5.28 Å². The van der Waals surface area contributed by atoms with E-state index in [-0.39, 0.29) is 11.0 Å². The van der Waals surface area contributed by atoms with Crippen LogP contribution in [0.5, 0.6) is 0 Å². The Balaban J connectivity index is 2.74. The van der Waals surface area contributed by atoms with Crippen molar-refractivity contribution >= 4 is 11.6 Å². The summed E-state index contributed by atoms with van der Waals surface area (Å²) in [6, 6.07) is 3.57. The largest absolute Gasteiger partial charge is 0.264 e. The smallest absolute Gasteiger partial charge is 0.229 e. The van der Waals surface area contributed by atoms with Gasteiger partial charge in [0.05, 0.1) is 0 Å². The molecule has 0 amide bonds. The van der Waals surface area contributed by atoms with Crippen LogP contribution in [0.25, 0.3) is 5.69 Å². The number of aromatic nitrogens is 3. The van der Waals surface area contributed by atoms with Gasteiger partial charge >= 0.3 is 0 Å². The summed E-state index contributed by atoms with van der Waals surface area (Å²) < 4.78 is 27.9. The molecule has 0 aliphatic rings. The Morgan fingerprint density at radius 2 is 1.80 bits per heavy atom. The maximum atomic E-state index is 13.4. The summed E-state index contributed by atoms with van der Waals surface area (Å²) in [5.74, 6) is -1.09. The summed E-state index contributed by atoms with van der Waals surface area (Å²) in [5, 5.41) is 7.07. The number of rotatable bonds is 1. The average molecular weight is 230 g/mol. The molecule has 2 aromatic rings. The summed E-state index contributed by atoms with van der Waals surface area (Å²) in [6.45, 7) is 1.56. The summed E-state index contributed by atoms with van der Waals surface area (Å²) >= 11 is 5.68. The van der Waals surface area contributed by atoms with E-state index in [1.165, 1.54) is 6.07 Å². The van der Waals surface area contributed by atoms with Crippen molar-refractivity contribution in [2.45, 2.75) is 6.92 Å². The molecule has 0 aliphatic carbocycles. The summed E-state index contributed by atoms with van der Waals surface area (Å²) in [4.78, 5) is 0. The predicted octanol–water partition coefficient (Wildman–Crippen LogP) is 2.51. The normalized spacial score (nSPS) is 10.7. The molecule has 0 radical (unpaired) electrons. The van der Waals surface area contributed by atoms with Crippen LogP contribution in [0.15, 0.2) is 18.2 Å². The van der Waals surface area contributed by atoms with Gasteiger partial charge in [-0.2, -0.15) is 0 Å². The first-order valence-electron chi connectivity index (χ1n) is 4.13. The zero-order chi connectivity index (χ0) is 11.0. The van der Waals surface area contributed by atoms with E-state index < -0.39 is 11.6 Å². The molecular formula is C9H6ClF2N3. The fourth-order valence-electron chi connectivity index (χ4n) is 1.29. The van der Waals surface area contributed by atoms with Crippen molar-refractivity contribution in [3.05, 3.63) is 40.9 Å². The van der Waals surface area contributed by atoms with Crippen LogP contribution in [0.4, 0.5) is 8.78 Å². The lowest BCUT2D eigenvalue weighted by Crippen LogP contribution is -2.03. The lowest BCUT2D eigenvalue weighted by molar-refractivity contribution is 0.567. The molecule has 1 aromatic carbocycles. The molecule has 0 aliphatic heterocycles. The fraction of sp³-hybridized carbons (Fsp3) is 0.111. The first-order chi connectivity index (χ1) is 7.11. The molecule has 0 unspecified atom stereocenters. The summed E-state index contributed by atoms with van der Waals surface area (Å²) in [5.41, 5.74) is -0.259. The molecule has 0 saturated carbocycles. The number of nitrogens with zero attached hydrogens (tertiary/aromatic N) is 3. The lowest BCUT2D eigenvalue weighted by atomic mass is 10.3. The van der Waals surface area contributed by atoms with Gasteiger partial charge in [-0.15, -0.1) is 10.2 Å². The van der Waals surface area contributed by atoms with Crippen LogP contribution in [0.1, 0.15) is 5.82 Å². The second-order valence-corrected chi connectivity index (χ2v) is 3.26. The van der Waals surface area contributed by atoms with E-state index in [1.54, 1.807) is 6.92 Å². The molecule has 15 heavy (non-hydrogen) atoms. The van der Waals surface area contributed by atoms with Gasteiger partial charge in [0.1, 0.15) is 23.1 Å². The first kappa shape index (κ1) is 10.0. The molecule has 0 atom stereocenters. The van der Waals surface area contributed by atoms with Crippen molar-refractivity contribution in [3.8, 4) is 5.69 Å². The fourth-order valence-corrected chi connectivity index (χ4v) is 1.54. The van der Waals surface area contributed by atoms with Gasteiger partial charge in [-0.05, 0) is 30.7 Å². The minimum atomic E-state index is -0.709. The number of para-hydroxylation sites is 1. The third-order valence-corrected chi connectivity index (χ3v) is 2.19. The molecule has 0 fully saturated rings. The lowest BCUT2D eigenvalue weighted by Gasteiger charge is -2.07. The van der Waals surface area contributed by atoms with Gasteiger partial charge in [0.15, 0.2) is 0 Å². The summed E-state index contributed by atoms with van der Waals surface area (Å²) in [6.07, 6.45) is 0. The first-order valence-corrected chi connectivity index (χ1v) is 4.51. The second-order valence-electron chi connectivity index (χ2n) is 2.92. The van der Waals surface area contributed by atoms with Crippen LogP contribution in [0.2, 0.25) is 5.28 Å². The highest BCUT2D eigenvalue weighted by molar-refractivity contribution is 6.28. The van der Waals surface area contributed by atoms with Crippen molar-refractivity contribution < 1.29 is 8.78 Å². The second kappa shape index (κ2) is 3.58. The van der Waals surface area contributed by atoms with Crippen LogP contribution in [0, 0.1) is 18.6 Å². The van der Waals surface area contributed by atoms with Crippen LogP contribution in [-0.2, 0) is 0 Å². The van der Waals surface area contributed by atoms with Crippen LogP contribution in [0.3, 0.4) is 0 Å². The third-order valence-electron chi connectivity index (χ3n) is 1.95. The van der Waals surface area contributed by atoms with E-state index in [0.717, 1.165) is 16.7 Å². The molecule has 0 bridgehead atoms. The van der Waals surface area contributed by atoms with E-state index in [4.69, 9.17) is 11.6 Å². The monoisotopic (exact) mass is 229 g/mol. The molecule has 78 valence electrons. The highest BCUT2D eigenvalue weighted by atomic mass is 35.5. The van der Waals surface area contributed by atoms with Crippen LogP contribution >= 0.6 is 11.6 Å². The zero-order valence-electron chi connectivity index (χ0n) is 7.71. The highest BCUT2D eigenvalue weighted by Crippen LogP contribution is 2.22. The molecule has 1 heterocycles. The van der Waals surface area contributed by atoms with E-state index >= 15 is 0 Å². The van der Waals surface area contributed by atoms with Gasteiger partial charge < -0.3 is 0 Å². The van der Waals surface area contributed by atoms with E-state index in [9.17, 15) is 8.78 Å². The summed E-state index contributed by atoms with van der Waals surface area (Å²) in [7, 11) is 0. The molecule has 0 saturated heterocycles. The third kappa shape index (κ3) is 1.59. The number of hydrogen-bond acceptors (Lipinski definition) is 2. The quantitative estimate of drug-likeness (QED) is 0.752.